The molecular formula is C17H19FN2O2. The first-order chi connectivity index (χ1) is 10.7. The molecule has 1 fully saturated rings. The van der Waals surface area contributed by atoms with Gasteiger partial charge < -0.3 is 9.73 Å². The Morgan fingerprint density at radius 2 is 2.27 bits per heavy atom. The summed E-state index contributed by atoms with van der Waals surface area (Å²) in [5.41, 5.74) is 1.01. The molecule has 1 aliphatic heterocycles. The lowest BCUT2D eigenvalue weighted by Crippen LogP contribution is -2.35. The van der Waals surface area contributed by atoms with E-state index < -0.39 is 0 Å². The van der Waals surface area contributed by atoms with Gasteiger partial charge in [0.1, 0.15) is 11.6 Å². The number of likely N-dealkylation sites (tertiary alicyclic amines) is 1. The third kappa shape index (κ3) is 3.74. The number of amides is 1. The van der Waals surface area contributed by atoms with E-state index in [9.17, 15) is 9.18 Å². The van der Waals surface area contributed by atoms with E-state index in [0.29, 0.717) is 19.0 Å². The van der Waals surface area contributed by atoms with E-state index in [-0.39, 0.29) is 11.7 Å². The molecule has 0 spiro atoms. The standard InChI is InChI=1S/C17H19FN2O2/c18-15-4-1-3-13(9-15)14-6-7-20(11-14)12-17(21)19-10-16-5-2-8-22-16/h1-5,8-9,14H,6-7,10-12H2,(H,19,21)/t14-/m0/s1. The molecule has 22 heavy (non-hydrogen) atoms. The molecule has 0 bridgehead atoms. The fourth-order valence-corrected chi connectivity index (χ4v) is 2.87. The SMILES string of the molecule is O=C(CN1CC[C@H](c2cccc(F)c2)C1)NCc1ccco1. The normalized spacial score (nSPS) is 18.5. The summed E-state index contributed by atoms with van der Waals surface area (Å²) in [6, 6.07) is 10.4. The zero-order chi connectivity index (χ0) is 15.4. The van der Waals surface area contributed by atoms with Crippen molar-refractivity contribution in [3.63, 3.8) is 0 Å². The predicted molar refractivity (Wildman–Crippen MR) is 80.8 cm³/mol. The van der Waals surface area contributed by atoms with Crippen molar-refractivity contribution in [3.05, 3.63) is 59.8 Å². The Morgan fingerprint density at radius 1 is 1.36 bits per heavy atom. The quantitative estimate of drug-likeness (QED) is 0.923. The Hall–Kier alpha value is -2.14. The smallest absolute Gasteiger partial charge is 0.234 e. The second-order valence-corrected chi connectivity index (χ2v) is 5.63. The van der Waals surface area contributed by atoms with Gasteiger partial charge in [-0.15, -0.1) is 0 Å². The van der Waals surface area contributed by atoms with E-state index in [1.54, 1.807) is 24.5 Å². The summed E-state index contributed by atoms with van der Waals surface area (Å²) in [5, 5.41) is 2.84. The largest absolute Gasteiger partial charge is 0.467 e. The molecule has 3 rings (SSSR count). The molecule has 2 heterocycles. The van der Waals surface area contributed by atoms with Crippen LogP contribution in [0.15, 0.2) is 47.1 Å². The summed E-state index contributed by atoms with van der Waals surface area (Å²) in [4.78, 5) is 14.0. The zero-order valence-corrected chi connectivity index (χ0v) is 12.3. The average molecular weight is 302 g/mol. The highest BCUT2D eigenvalue weighted by Gasteiger charge is 2.25. The molecule has 2 aromatic rings. The fraction of sp³-hybridized carbons (Fsp3) is 0.353. The van der Waals surface area contributed by atoms with Gasteiger partial charge in [-0.2, -0.15) is 0 Å². The Morgan fingerprint density at radius 3 is 3.05 bits per heavy atom. The van der Waals surface area contributed by atoms with Gasteiger partial charge in [0.25, 0.3) is 0 Å². The monoisotopic (exact) mass is 302 g/mol. The van der Waals surface area contributed by atoms with Crippen molar-refractivity contribution in [2.75, 3.05) is 19.6 Å². The summed E-state index contributed by atoms with van der Waals surface area (Å²) in [7, 11) is 0. The number of nitrogens with zero attached hydrogens (tertiary/aromatic N) is 1. The van der Waals surface area contributed by atoms with Crippen LogP contribution in [-0.4, -0.2) is 30.4 Å². The van der Waals surface area contributed by atoms with Crippen molar-refractivity contribution >= 4 is 5.91 Å². The van der Waals surface area contributed by atoms with E-state index in [4.69, 9.17) is 4.42 Å². The van der Waals surface area contributed by atoms with Gasteiger partial charge in [-0.05, 0) is 48.7 Å². The highest BCUT2D eigenvalue weighted by Crippen LogP contribution is 2.27. The summed E-state index contributed by atoms with van der Waals surface area (Å²) >= 11 is 0. The van der Waals surface area contributed by atoms with Crippen LogP contribution in [0.4, 0.5) is 4.39 Å². The van der Waals surface area contributed by atoms with E-state index in [1.165, 1.54) is 6.07 Å². The predicted octanol–water partition coefficient (Wildman–Crippen LogP) is 2.52. The molecule has 0 radical (unpaired) electrons. The second-order valence-electron chi connectivity index (χ2n) is 5.63. The van der Waals surface area contributed by atoms with Crippen molar-refractivity contribution in [3.8, 4) is 0 Å². The molecule has 1 amide bonds. The molecule has 116 valence electrons. The molecule has 0 aliphatic carbocycles. The number of nitrogens with one attached hydrogen (secondary N) is 1. The highest BCUT2D eigenvalue weighted by molar-refractivity contribution is 5.78. The number of furan rings is 1. The Balaban J connectivity index is 1.47. The van der Waals surface area contributed by atoms with Crippen LogP contribution in [0.3, 0.4) is 0 Å². The lowest BCUT2D eigenvalue weighted by atomic mass is 9.98. The maximum absolute atomic E-state index is 13.3. The molecule has 1 N–H and O–H groups in total. The maximum atomic E-state index is 13.3. The Kier molecular flexibility index (Phi) is 4.53. The van der Waals surface area contributed by atoms with Crippen LogP contribution in [0.25, 0.3) is 0 Å². The minimum absolute atomic E-state index is 0.0173. The first-order valence-electron chi connectivity index (χ1n) is 7.47. The van der Waals surface area contributed by atoms with E-state index in [0.717, 1.165) is 30.8 Å². The number of halogens is 1. The van der Waals surface area contributed by atoms with E-state index in [2.05, 4.69) is 10.2 Å². The number of hydrogen-bond acceptors (Lipinski definition) is 3. The highest BCUT2D eigenvalue weighted by atomic mass is 19.1. The number of benzene rings is 1. The van der Waals surface area contributed by atoms with Crippen LogP contribution in [0, 0.1) is 5.82 Å². The first kappa shape index (κ1) is 14.8. The third-order valence-corrected chi connectivity index (χ3v) is 4.00. The van der Waals surface area contributed by atoms with Gasteiger partial charge in [-0.3, -0.25) is 9.69 Å². The van der Waals surface area contributed by atoms with Gasteiger partial charge in [0.15, 0.2) is 0 Å². The van der Waals surface area contributed by atoms with Gasteiger partial charge >= 0.3 is 0 Å². The van der Waals surface area contributed by atoms with Gasteiger partial charge in [-0.25, -0.2) is 4.39 Å². The number of hydrogen-bond donors (Lipinski definition) is 1. The van der Waals surface area contributed by atoms with Crippen molar-refractivity contribution in [2.45, 2.75) is 18.9 Å². The van der Waals surface area contributed by atoms with Crippen molar-refractivity contribution in [1.82, 2.24) is 10.2 Å². The van der Waals surface area contributed by atoms with Crippen LogP contribution in [0.1, 0.15) is 23.7 Å². The molecule has 5 heteroatoms. The topological polar surface area (TPSA) is 45.5 Å². The third-order valence-electron chi connectivity index (χ3n) is 4.00. The molecule has 1 atom stereocenters. The van der Waals surface area contributed by atoms with Gasteiger partial charge in [0, 0.05) is 6.54 Å². The minimum Gasteiger partial charge on any atom is -0.467 e. The number of carbonyl (C=O) groups is 1. The molecule has 0 unspecified atom stereocenters. The number of carbonyl (C=O) groups excluding carboxylic acids is 1. The minimum atomic E-state index is -0.202. The Bertz CT molecular complexity index is 627. The average Bonchev–Trinajstić information content (AvgIpc) is 3.16. The zero-order valence-electron chi connectivity index (χ0n) is 12.3. The summed E-state index contributed by atoms with van der Waals surface area (Å²) in [6.45, 7) is 2.42. The molecular weight excluding hydrogens is 283 g/mol. The van der Waals surface area contributed by atoms with Crippen LogP contribution >= 0.6 is 0 Å². The lowest BCUT2D eigenvalue weighted by molar-refractivity contribution is -0.122. The van der Waals surface area contributed by atoms with Crippen LogP contribution in [0.2, 0.25) is 0 Å². The van der Waals surface area contributed by atoms with E-state index >= 15 is 0 Å². The lowest BCUT2D eigenvalue weighted by Gasteiger charge is -2.15. The molecule has 4 nitrogen and oxygen atoms in total. The second kappa shape index (κ2) is 6.75. The Labute approximate surface area is 128 Å². The molecule has 1 aromatic carbocycles. The van der Waals surface area contributed by atoms with Crippen LogP contribution < -0.4 is 5.32 Å². The molecule has 0 saturated carbocycles. The summed E-state index contributed by atoms with van der Waals surface area (Å²) in [5.74, 6) is 0.824. The first-order valence-corrected chi connectivity index (χ1v) is 7.47. The van der Waals surface area contributed by atoms with Crippen molar-refractivity contribution < 1.29 is 13.6 Å². The van der Waals surface area contributed by atoms with Gasteiger partial charge in [0.2, 0.25) is 5.91 Å². The summed E-state index contributed by atoms with van der Waals surface area (Å²) < 4.78 is 18.5. The van der Waals surface area contributed by atoms with Crippen LogP contribution in [0.5, 0.6) is 0 Å². The summed E-state index contributed by atoms with van der Waals surface area (Å²) in [6.07, 6.45) is 2.54. The van der Waals surface area contributed by atoms with Crippen molar-refractivity contribution in [1.29, 1.82) is 0 Å². The molecule has 1 aliphatic rings. The molecule has 1 saturated heterocycles. The van der Waals surface area contributed by atoms with Crippen molar-refractivity contribution in [2.24, 2.45) is 0 Å². The van der Waals surface area contributed by atoms with Crippen LogP contribution in [-0.2, 0) is 11.3 Å². The maximum Gasteiger partial charge on any atom is 0.234 e. The molecule has 1 aromatic heterocycles. The number of rotatable bonds is 5. The fourth-order valence-electron chi connectivity index (χ4n) is 2.87. The van der Waals surface area contributed by atoms with Gasteiger partial charge in [0.05, 0.1) is 19.4 Å². The van der Waals surface area contributed by atoms with Gasteiger partial charge in [-0.1, -0.05) is 12.1 Å². The van der Waals surface area contributed by atoms with E-state index in [1.807, 2.05) is 12.1 Å².